The molecule has 14 nitrogen and oxygen atoms in total. The number of hydrogen-bond donors (Lipinski definition) is 8. The number of fused-ring (bicyclic) bond motifs is 1. The van der Waals surface area contributed by atoms with Gasteiger partial charge in [0, 0.05) is 36.8 Å². The molecule has 8 atom stereocenters. The third kappa shape index (κ3) is 5.61. The van der Waals surface area contributed by atoms with Crippen LogP contribution in [0, 0.1) is 0 Å². The molecule has 2 aliphatic heterocycles. The second-order valence-electron chi connectivity index (χ2n) is 9.96. The molecule has 0 radical (unpaired) electrons. The van der Waals surface area contributed by atoms with Crippen LogP contribution in [0.2, 0.25) is 0 Å². The normalized spacial score (nSPS) is 31.9. The van der Waals surface area contributed by atoms with Crippen molar-refractivity contribution >= 4 is 11.0 Å². The predicted octanol–water partition coefficient (Wildman–Crippen LogP) is -1.10. The van der Waals surface area contributed by atoms with Crippen LogP contribution in [0.3, 0.4) is 0 Å². The molecular weight excluding hydrogens is 548 g/mol. The minimum Gasteiger partial charge on any atom is -0.508 e. The molecule has 0 bridgehead atoms. The van der Waals surface area contributed by atoms with Gasteiger partial charge in [0.2, 0.25) is 6.29 Å². The third-order valence-corrected chi connectivity index (χ3v) is 7.15. The lowest BCUT2D eigenvalue weighted by Gasteiger charge is -2.42. The summed E-state index contributed by atoms with van der Waals surface area (Å²) in [7, 11) is 0. The SMILES string of the molecule is O=c1cc(-c2ccc(O)cc2)oc2cc(O[C@@H]3O[C@H](CO)[C@@H](O)[C@H](O)[C@H]3O[C@@H]3OC[C@](O)(CCO)[C@H]3O)cc(O)c12. The number of hydrogen-bond acceptors (Lipinski definition) is 14. The zero-order valence-electron chi connectivity index (χ0n) is 21.4. The summed E-state index contributed by atoms with van der Waals surface area (Å²) in [6, 6.07) is 9.41. The van der Waals surface area contributed by atoms with E-state index in [0.717, 1.165) is 6.07 Å². The summed E-state index contributed by atoms with van der Waals surface area (Å²) in [5, 5.41) is 81.2. The van der Waals surface area contributed by atoms with Crippen molar-refractivity contribution in [3.05, 3.63) is 52.7 Å². The maximum atomic E-state index is 12.8. The van der Waals surface area contributed by atoms with E-state index in [1.54, 1.807) is 0 Å². The van der Waals surface area contributed by atoms with Crippen LogP contribution in [0.1, 0.15) is 6.42 Å². The van der Waals surface area contributed by atoms with Crippen LogP contribution in [-0.4, -0.2) is 109 Å². The fraction of sp³-hybridized carbons (Fsp3) is 0.444. The number of aliphatic hydroxyl groups is 6. The Kier molecular flexibility index (Phi) is 8.20. The monoisotopic (exact) mass is 578 g/mol. The Morgan fingerprint density at radius 1 is 0.976 bits per heavy atom. The van der Waals surface area contributed by atoms with E-state index >= 15 is 0 Å². The van der Waals surface area contributed by atoms with Crippen LogP contribution in [0.4, 0.5) is 0 Å². The van der Waals surface area contributed by atoms with Gasteiger partial charge in [0.15, 0.2) is 17.8 Å². The molecule has 2 fully saturated rings. The summed E-state index contributed by atoms with van der Waals surface area (Å²) in [6.45, 7) is -1.55. The minimum atomic E-state index is -1.83. The number of ether oxygens (including phenoxy) is 4. The largest absolute Gasteiger partial charge is 0.508 e. The van der Waals surface area contributed by atoms with E-state index in [-0.39, 0.29) is 34.6 Å². The van der Waals surface area contributed by atoms with Gasteiger partial charge in [-0.05, 0) is 24.3 Å². The number of benzene rings is 2. The average molecular weight is 579 g/mol. The van der Waals surface area contributed by atoms with Gasteiger partial charge in [-0.15, -0.1) is 0 Å². The summed E-state index contributed by atoms with van der Waals surface area (Å²) in [5.74, 6) is -0.475. The van der Waals surface area contributed by atoms with Crippen molar-refractivity contribution in [1.82, 2.24) is 0 Å². The highest BCUT2D eigenvalue weighted by Crippen LogP contribution is 2.36. The van der Waals surface area contributed by atoms with Gasteiger partial charge in [-0.1, -0.05) is 0 Å². The van der Waals surface area contributed by atoms with Crippen molar-refractivity contribution in [3.8, 4) is 28.6 Å². The van der Waals surface area contributed by atoms with E-state index in [9.17, 15) is 45.6 Å². The smallest absolute Gasteiger partial charge is 0.229 e. The average Bonchev–Trinajstić information content (AvgIpc) is 3.21. The molecule has 41 heavy (non-hydrogen) atoms. The van der Waals surface area contributed by atoms with E-state index < -0.39 is 79.7 Å². The standard InChI is InChI=1S/C27H30O14/c28-6-5-27(36)11-37-26(24(27)35)41-23-22(34)21(33)19(10-29)40-25(23)38-14-7-15(31)20-16(32)9-17(39-18(20)8-14)12-1-3-13(30)4-2-12/h1-4,7-9,19,21-26,28-31,33-36H,5-6,10-11H2/t19-,21-,22+,23-,24+,25-,26+,27-/m1/s1. The van der Waals surface area contributed by atoms with Crippen LogP contribution in [0.15, 0.2) is 51.7 Å². The van der Waals surface area contributed by atoms with Gasteiger partial charge in [-0.2, -0.15) is 0 Å². The summed E-state index contributed by atoms with van der Waals surface area (Å²) in [4.78, 5) is 12.8. The number of aromatic hydroxyl groups is 2. The Labute approximate surface area is 231 Å². The van der Waals surface area contributed by atoms with Gasteiger partial charge in [0.05, 0.1) is 13.2 Å². The first kappa shape index (κ1) is 29.2. The molecular formula is C27H30O14. The van der Waals surface area contributed by atoms with Gasteiger partial charge >= 0.3 is 0 Å². The Bertz CT molecular complexity index is 1420. The fourth-order valence-corrected chi connectivity index (χ4v) is 4.85. The maximum absolute atomic E-state index is 12.8. The van der Waals surface area contributed by atoms with Crippen molar-refractivity contribution in [2.24, 2.45) is 0 Å². The van der Waals surface area contributed by atoms with E-state index in [1.807, 2.05) is 0 Å². The second-order valence-corrected chi connectivity index (χ2v) is 9.96. The highest BCUT2D eigenvalue weighted by Gasteiger charge is 2.53. The number of phenolic OH excluding ortho intramolecular Hbond substituents is 2. The van der Waals surface area contributed by atoms with Gasteiger partial charge in [-0.25, -0.2) is 0 Å². The zero-order chi connectivity index (χ0) is 29.5. The number of phenols is 2. The lowest BCUT2D eigenvalue weighted by atomic mass is 9.95. The second kappa shape index (κ2) is 11.5. The molecule has 2 aliphatic rings. The van der Waals surface area contributed by atoms with Crippen LogP contribution in [0.5, 0.6) is 17.2 Å². The molecule has 2 saturated heterocycles. The van der Waals surface area contributed by atoms with Crippen molar-refractivity contribution in [1.29, 1.82) is 0 Å². The Morgan fingerprint density at radius 2 is 1.71 bits per heavy atom. The summed E-state index contributed by atoms with van der Waals surface area (Å²) in [5.41, 5.74) is -2.00. The van der Waals surface area contributed by atoms with E-state index in [1.165, 1.54) is 36.4 Å². The van der Waals surface area contributed by atoms with Crippen LogP contribution < -0.4 is 10.2 Å². The van der Waals surface area contributed by atoms with E-state index in [4.69, 9.17) is 23.4 Å². The Hall–Kier alpha value is -3.31. The van der Waals surface area contributed by atoms with Crippen molar-refractivity contribution in [2.75, 3.05) is 19.8 Å². The molecule has 0 unspecified atom stereocenters. The van der Waals surface area contributed by atoms with Crippen molar-refractivity contribution < 1.29 is 64.2 Å². The lowest BCUT2D eigenvalue weighted by molar-refractivity contribution is -0.318. The molecule has 0 saturated carbocycles. The quantitative estimate of drug-likeness (QED) is 0.159. The first-order chi connectivity index (χ1) is 19.5. The fourth-order valence-electron chi connectivity index (χ4n) is 4.85. The lowest BCUT2D eigenvalue weighted by Crippen LogP contribution is -2.62. The van der Waals surface area contributed by atoms with E-state index in [0.29, 0.717) is 5.56 Å². The molecule has 1 aromatic heterocycles. The third-order valence-electron chi connectivity index (χ3n) is 7.15. The van der Waals surface area contributed by atoms with Gasteiger partial charge in [-0.3, -0.25) is 4.79 Å². The number of rotatable bonds is 8. The van der Waals surface area contributed by atoms with Gasteiger partial charge < -0.3 is 64.2 Å². The highest BCUT2D eigenvalue weighted by atomic mass is 16.8. The minimum absolute atomic E-state index is 0.0107. The highest BCUT2D eigenvalue weighted by molar-refractivity contribution is 5.86. The maximum Gasteiger partial charge on any atom is 0.229 e. The molecule has 5 rings (SSSR count). The summed E-state index contributed by atoms with van der Waals surface area (Å²) >= 11 is 0. The summed E-state index contributed by atoms with van der Waals surface area (Å²) < 4.78 is 28.3. The molecule has 222 valence electrons. The molecule has 14 heteroatoms. The first-order valence-electron chi connectivity index (χ1n) is 12.7. The van der Waals surface area contributed by atoms with Crippen molar-refractivity contribution in [3.63, 3.8) is 0 Å². The van der Waals surface area contributed by atoms with Crippen molar-refractivity contribution in [2.45, 2.75) is 55.1 Å². The van der Waals surface area contributed by atoms with Gasteiger partial charge in [0.1, 0.15) is 64.0 Å². The molecule has 3 aromatic rings. The molecule has 0 aliphatic carbocycles. The molecule has 3 heterocycles. The molecule has 8 N–H and O–H groups in total. The van der Waals surface area contributed by atoms with Crippen LogP contribution in [0.25, 0.3) is 22.3 Å². The topological polar surface area (TPSA) is 229 Å². The van der Waals surface area contributed by atoms with Gasteiger partial charge in [0.25, 0.3) is 0 Å². The molecule has 0 spiro atoms. The zero-order valence-corrected chi connectivity index (χ0v) is 21.4. The van der Waals surface area contributed by atoms with Crippen LogP contribution >= 0.6 is 0 Å². The van der Waals surface area contributed by atoms with Crippen LogP contribution in [-0.2, 0) is 14.2 Å². The Morgan fingerprint density at radius 3 is 2.39 bits per heavy atom. The molecule has 0 amide bonds. The van der Waals surface area contributed by atoms with E-state index in [2.05, 4.69) is 0 Å². The first-order valence-corrected chi connectivity index (χ1v) is 12.7. The number of aliphatic hydroxyl groups excluding tert-OH is 5. The summed E-state index contributed by atoms with van der Waals surface area (Å²) in [6.07, 6.45) is -11.2. The molecule has 2 aromatic carbocycles. The Balaban J connectivity index is 1.46. The predicted molar refractivity (Wildman–Crippen MR) is 137 cm³/mol.